The average molecular weight is 262 g/mol. The van der Waals surface area contributed by atoms with Crippen molar-refractivity contribution >= 4 is 0 Å². The van der Waals surface area contributed by atoms with Crippen molar-refractivity contribution in [2.45, 2.75) is 44.9 Å². The summed E-state index contributed by atoms with van der Waals surface area (Å²) in [4.78, 5) is 0. The van der Waals surface area contributed by atoms with Crippen molar-refractivity contribution in [3.8, 4) is 6.07 Å². The summed E-state index contributed by atoms with van der Waals surface area (Å²) >= 11 is 0. The van der Waals surface area contributed by atoms with Crippen molar-refractivity contribution in [2.24, 2.45) is 0 Å². The zero-order valence-corrected chi connectivity index (χ0v) is 11.4. The molecule has 2 rings (SSSR count). The quantitative estimate of drug-likeness (QED) is 0.911. The summed E-state index contributed by atoms with van der Waals surface area (Å²) in [5, 5.41) is 12.2. The molecule has 1 unspecified atom stereocenters. The molecule has 19 heavy (non-hydrogen) atoms. The molecule has 1 N–H and O–H groups in total. The van der Waals surface area contributed by atoms with Crippen LogP contribution in [0.25, 0.3) is 0 Å². The SMILES string of the molecule is CC1(C)CC(NCc2cccc(C#N)c2F)CCO1. The molecule has 102 valence electrons. The zero-order chi connectivity index (χ0) is 13.9. The largest absolute Gasteiger partial charge is 0.375 e. The van der Waals surface area contributed by atoms with Crippen molar-refractivity contribution in [2.75, 3.05) is 6.61 Å². The molecule has 1 saturated heterocycles. The molecule has 0 aromatic heterocycles. The van der Waals surface area contributed by atoms with Crippen molar-refractivity contribution in [1.29, 1.82) is 5.26 Å². The molecule has 3 nitrogen and oxygen atoms in total. The van der Waals surface area contributed by atoms with E-state index in [0.717, 1.165) is 19.4 Å². The number of ether oxygens (including phenoxy) is 1. The molecule has 1 fully saturated rings. The number of nitrogens with zero attached hydrogens (tertiary/aromatic N) is 1. The highest BCUT2D eigenvalue weighted by Gasteiger charge is 2.28. The van der Waals surface area contributed by atoms with Gasteiger partial charge in [0.1, 0.15) is 11.9 Å². The molecule has 0 bridgehead atoms. The van der Waals surface area contributed by atoms with E-state index in [2.05, 4.69) is 19.2 Å². The van der Waals surface area contributed by atoms with E-state index >= 15 is 0 Å². The van der Waals surface area contributed by atoms with Crippen LogP contribution >= 0.6 is 0 Å². The molecule has 0 saturated carbocycles. The fourth-order valence-electron chi connectivity index (χ4n) is 2.46. The van der Waals surface area contributed by atoms with Gasteiger partial charge >= 0.3 is 0 Å². The van der Waals surface area contributed by atoms with E-state index < -0.39 is 5.82 Å². The monoisotopic (exact) mass is 262 g/mol. The molecule has 1 heterocycles. The van der Waals surface area contributed by atoms with Gasteiger partial charge in [-0.2, -0.15) is 5.26 Å². The lowest BCUT2D eigenvalue weighted by Crippen LogP contribution is -2.43. The topological polar surface area (TPSA) is 45.0 Å². The Balaban J connectivity index is 1.98. The zero-order valence-electron chi connectivity index (χ0n) is 11.4. The Labute approximate surface area is 113 Å². The molecule has 0 spiro atoms. The maximum atomic E-state index is 13.9. The molecule has 0 amide bonds. The van der Waals surface area contributed by atoms with Crippen LogP contribution in [-0.4, -0.2) is 18.2 Å². The van der Waals surface area contributed by atoms with Crippen LogP contribution in [0.1, 0.15) is 37.8 Å². The van der Waals surface area contributed by atoms with E-state index in [1.165, 1.54) is 6.07 Å². The lowest BCUT2D eigenvalue weighted by Gasteiger charge is -2.36. The highest BCUT2D eigenvalue weighted by Crippen LogP contribution is 2.24. The first-order valence-corrected chi connectivity index (χ1v) is 6.57. The Morgan fingerprint density at radius 2 is 2.32 bits per heavy atom. The summed E-state index contributed by atoms with van der Waals surface area (Å²) in [6.07, 6.45) is 1.84. The smallest absolute Gasteiger partial charge is 0.145 e. The fraction of sp³-hybridized carbons (Fsp3) is 0.533. The van der Waals surface area contributed by atoms with E-state index in [0.29, 0.717) is 18.2 Å². The first-order chi connectivity index (χ1) is 9.02. The fourth-order valence-corrected chi connectivity index (χ4v) is 2.46. The van der Waals surface area contributed by atoms with Crippen LogP contribution < -0.4 is 5.32 Å². The normalized spacial score (nSPS) is 21.9. The second-order valence-corrected chi connectivity index (χ2v) is 5.57. The molecular weight excluding hydrogens is 243 g/mol. The number of hydrogen-bond donors (Lipinski definition) is 1. The maximum Gasteiger partial charge on any atom is 0.145 e. The van der Waals surface area contributed by atoms with Crippen LogP contribution in [0.2, 0.25) is 0 Å². The summed E-state index contributed by atoms with van der Waals surface area (Å²) in [5.74, 6) is -0.413. The second-order valence-electron chi connectivity index (χ2n) is 5.57. The van der Waals surface area contributed by atoms with Gasteiger partial charge < -0.3 is 10.1 Å². The number of hydrogen-bond acceptors (Lipinski definition) is 3. The Morgan fingerprint density at radius 3 is 3.00 bits per heavy atom. The van der Waals surface area contributed by atoms with Gasteiger partial charge in [0.15, 0.2) is 0 Å². The third-order valence-corrected chi connectivity index (χ3v) is 3.48. The second kappa shape index (κ2) is 5.68. The van der Waals surface area contributed by atoms with Crippen molar-refractivity contribution in [1.82, 2.24) is 5.32 Å². The Hall–Kier alpha value is -1.44. The van der Waals surface area contributed by atoms with E-state index in [4.69, 9.17) is 10.00 Å². The molecule has 1 aromatic rings. The van der Waals surface area contributed by atoms with Gasteiger partial charge in [-0.25, -0.2) is 4.39 Å². The number of nitrogens with one attached hydrogen (secondary N) is 1. The molecule has 1 aromatic carbocycles. The van der Waals surface area contributed by atoms with Gasteiger partial charge in [-0.15, -0.1) is 0 Å². The number of benzene rings is 1. The Kier molecular flexibility index (Phi) is 4.18. The molecule has 4 heteroatoms. The number of halogens is 1. The minimum atomic E-state index is -0.413. The summed E-state index contributed by atoms with van der Waals surface area (Å²) in [7, 11) is 0. The van der Waals surface area contributed by atoms with Crippen LogP contribution in [0.3, 0.4) is 0 Å². The maximum absolute atomic E-state index is 13.9. The molecule has 0 radical (unpaired) electrons. The average Bonchev–Trinajstić information content (AvgIpc) is 2.36. The summed E-state index contributed by atoms with van der Waals surface area (Å²) in [6.45, 7) is 5.31. The molecule has 0 aliphatic carbocycles. The van der Waals surface area contributed by atoms with E-state index in [-0.39, 0.29) is 11.2 Å². The standard InChI is InChI=1S/C15H19FN2O/c1-15(2)8-13(6-7-19-15)18-10-12-5-3-4-11(9-17)14(12)16/h3-5,13,18H,6-8,10H2,1-2H3. The van der Waals surface area contributed by atoms with Gasteiger partial charge in [-0.05, 0) is 32.8 Å². The summed E-state index contributed by atoms with van der Waals surface area (Å²) < 4.78 is 19.5. The van der Waals surface area contributed by atoms with Crippen molar-refractivity contribution in [3.05, 3.63) is 35.1 Å². The van der Waals surface area contributed by atoms with E-state index in [1.54, 1.807) is 12.1 Å². The minimum Gasteiger partial charge on any atom is -0.375 e. The highest BCUT2D eigenvalue weighted by molar-refractivity contribution is 5.34. The van der Waals surface area contributed by atoms with Gasteiger partial charge in [0.25, 0.3) is 0 Å². The third-order valence-electron chi connectivity index (χ3n) is 3.48. The minimum absolute atomic E-state index is 0.103. The Bertz CT molecular complexity index is 493. The molecule has 1 aliphatic rings. The van der Waals surface area contributed by atoms with Gasteiger partial charge in [0.2, 0.25) is 0 Å². The van der Waals surface area contributed by atoms with Crippen LogP contribution in [0.4, 0.5) is 4.39 Å². The van der Waals surface area contributed by atoms with Crippen LogP contribution in [-0.2, 0) is 11.3 Å². The van der Waals surface area contributed by atoms with Crippen molar-refractivity contribution < 1.29 is 9.13 Å². The predicted octanol–water partition coefficient (Wildman–Crippen LogP) is 2.74. The van der Waals surface area contributed by atoms with E-state index in [1.807, 2.05) is 6.07 Å². The lowest BCUT2D eigenvalue weighted by atomic mass is 9.94. The van der Waals surface area contributed by atoms with Gasteiger partial charge in [0.05, 0.1) is 11.2 Å². The first-order valence-electron chi connectivity index (χ1n) is 6.57. The molecule has 1 aliphatic heterocycles. The molecular formula is C15H19FN2O. The van der Waals surface area contributed by atoms with Gasteiger partial charge in [0, 0.05) is 24.8 Å². The van der Waals surface area contributed by atoms with Gasteiger partial charge in [-0.1, -0.05) is 12.1 Å². The predicted molar refractivity (Wildman–Crippen MR) is 71.0 cm³/mol. The number of nitriles is 1. The third kappa shape index (κ3) is 3.52. The van der Waals surface area contributed by atoms with Crippen LogP contribution in [0.5, 0.6) is 0 Å². The van der Waals surface area contributed by atoms with Crippen LogP contribution in [0.15, 0.2) is 18.2 Å². The summed E-state index contributed by atoms with van der Waals surface area (Å²) in [6, 6.07) is 7.12. The number of rotatable bonds is 3. The highest BCUT2D eigenvalue weighted by atomic mass is 19.1. The summed E-state index contributed by atoms with van der Waals surface area (Å²) in [5.41, 5.74) is 0.526. The van der Waals surface area contributed by atoms with Crippen molar-refractivity contribution in [3.63, 3.8) is 0 Å². The van der Waals surface area contributed by atoms with Gasteiger partial charge in [-0.3, -0.25) is 0 Å². The van der Waals surface area contributed by atoms with E-state index in [9.17, 15) is 4.39 Å². The molecule has 1 atom stereocenters. The lowest BCUT2D eigenvalue weighted by molar-refractivity contribution is -0.0630. The Morgan fingerprint density at radius 1 is 1.53 bits per heavy atom. The first kappa shape index (κ1) is 14.0. The van der Waals surface area contributed by atoms with Crippen LogP contribution in [0, 0.1) is 17.1 Å².